The largest absolute Gasteiger partial charge is 0.488 e. The summed E-state index contributed by atoms with van der Waals surface area (Å²) >= 11 is 9.37. The van der Waals surface area contributed by atoms with Crippen molar-refractivity contribution in [1.29, 1.82) is 0 Å². The lowest BCUT2D eigenvalue weighted by Gasteiger charge is -2.11. The Kier molecular flexibility index (Phi) is 4.61. The van der Waals surface area contributed by atoms with Gasteiger partial charge in [0.25, 0.3) is 0 Å². The molecule has 0 saturated heterocycles. The topological polar surface area (TPSA) is 22.1 Å². The number of alkyl halides is 1. The second-order valence-electron chi connectivity index (χ2n) is 3.95. The van der Waals surface area contributed by atoms with E-state index in [2.05, 4.69) is 20.9 Å². The lowest BCUT2D eigenvalue weighted by Crippen LogP contribution is -2.00. The van der Waals surface area contributed by atoms with Crippen LogP contribution in [0, 0.1) is 6.92 Å². The van der Waals surface area contributed by atoms with Gasteiger partial charge in [-0.1, -0.05) is 34.1 Å². The highest BCUT2D eigenvalue weighted by Crippen LogP contribution is 2.23. The summed E-state index contributed by atoms with van der Waals surface area (Å²) in [7, 11) is 0. The lowest BCUT2D eigenvalue weighted by atomic mass is 10.2. The van der Waals surface area contributed by atoms with Crippen LogP contribution in [0.3, 0.4) is 0 Å². The number of hydrogen-bond acceptors (Lipinski definition) is 2. The molecule has 0 saturated carbocycles. The Bertz CT molecular complexity index is 545. The van der Waals surface area contributed by atoms with Gasteiger partial charge in [-0.15, -0.1) is 11.6 Å². The number of nitrogens with zero attached hydrogens (tertiary/aromatic N) is 1. The van der Waals surface area contributed by atoms with Crippen molar-refractivity contribution in [2.45, 2.75) is 19.4 Å². The number of pyridine rings is 1. The Balaban J connectivity index is 2.15. The molecule has 0 bridgehead atoms. The summed E-state index contributed by atoms with van der Waals surface area (Å²) in [5.41, 5.74) is 2.94. The van der Waals surface area contributed by atoms with Gasteiger partial charge in [0.05, 0.1) is 5.88 Å². The number of rotatable bonds is 4. The van der Waals surface area contributed by atoms with Crippen LogP contribution in [0.1, 0.15) is 16.8 Å². The van der Waals surface area contributed by atoms with Crippen LogP contribution in [0.4, 0.5) is 0 Å². The van der Waals surface area contributed by atoms with Crippen molar-refractivity contribution in [3.8, 4) is 5.75 Å². The molecule has 4 heteroatoms. The molecule has 94 valence electrons. The monoisotopic (exact) mass is 325 g/mol. The molecular weight excluding hydrogens is 314 g/mol. The zero-order valence-corrected chi connectivity index (χ0v) is 12.3. The Morgan fingerprint density at radius 3 is 2.78 bits per heavy atom. The van der Waals surface area contributed by atoms with E-state index < -0.39 is 0 Å². The zero-order valence-electron chi connectivity index (χ0n) is 9.99. The first kappa shape index (κ1) is 13.4. The quantitative estimate of drug-likeness (QED) is 0.773. The molecule has 1 aromatic carbocycles. The van der Waals surface area contributed by atoms with Gasteiger partial charge in [-0.3, -0.25) is 4.98 Å². The van der Waals surface area contributed by atoms with Gasteiger partial charge in [0.1, 0.15) is 12.4 Å². The first-order chi connectivity index (χ1) is 8.70. The number of ether oxygens (including phenoxy) is 1. The average Bonchev–Trinajstić information content (AvgIpc) is 2.38. The molecule has 0 aliphatic carbocycles. The number of hydrogen-bond donors (Lipinski definition) is 0. The molecule has 0 aliphatic heterocycles. The van der Waals surface area contributed by atoms with Crippen molar-refractivity contribution in [1.82, 2.24) is 4.98 Å². The minimum Gasteiger partial charge on any atom is -0.488 e. The summed E-state index contributed by atoms with van der Waals surface area (Å²) in [6.45, 7) is 2.44. The standard InChI is InChI=1S/C14H13BrClNO/c1-10-6-14(12(7-16)8-17-10)18-9-11-4-2-3-5-13(11)15/h2-6,8H,7,9H2,1H3. The molecule has 0 spiro atoms. The summed E-state index contributed by atoms with van der Waals surface area (Å²) in [4.78, 5) is 4.21. The Labute approximate surface area is 120 Å². The minimum atomic E-state index is 0.401. The van der Waals surface area contributed by atoms with Crippen molar-refractivity contribution < 1.29 is 4.74 Å². The Hall–Kier alpha value is -1.06. The molecule has 0 amide bonds. The fraction of sp³-hybridized carbons (Fsp3) is 0.214. The van der Waals surface area contributed by atoms with Gasteiger partial charge >= 0.3 is 0 Å². The van der Waals surface area contributed by atoms with Gasteiger partial charge in [0.2, 0.25) is 0 Å². The molecule has 0 atom stereocenters. The molecular formula is C14H13BrClNO. The molecule has 2 aromatic rings. The van der Waals surface area contributed by atoms with Gasteiger partial charge in [-0.2, -0.15) is 0 Å². The van der Waals surface area contributed by atoms with E-state index in [1.54, 1.807) is 6.20 Å². The molecule has 0 aliphatic rings. The zero-order chi connectivity index (χ0) is 13.0. The second-order valence-corrected chi connectivity index (χ2v) is 5.07. The van der Waals surface area contributed by atoms with Gasteiger partial charge in [0, 0.05) is 33.6 Å². The molecule has 0 radical (unpaired) electrons. The third-order valence-electron chi connectivity index (χ3n) is 2.57. The smallest absolute Gasteiger partial charge is 0.127 e. The Morgan fingerprint density at radius 2 is 2.06 bits per heavy atom. The molecule has 2 rings (SSSR count). The number of aromatic nitrogens is 1. The highest BCUT2D eigenvalue weighted by molar-refractivity contribution is 9.10. The first-order valence-electron chi connectivity index (χ1n) is 5.58. The van der Waals surface area contributed by atoms with Crippen LogP contribution in [0.2, 0.25) is 0 Å². The van der Waals surface area contributed by atoms with Crippen LogP contribution < -0.4 is 4.74 Å². The number of benzene rings is 1. The van der Waals surface area contributed by atoms with Gasteiger partial charge in [-0.05, 0) is 13.0 Å². The molecule has 0 unspecified atom stereocenters. The van der Waals surface area contributed by atoms with Crippen LogP contribution in [0.25, 0.3) is 0 Å². The minimum absolute atomic E-state index is 0.401. The Morgan fingerprint density at radius 1 is 1.28 bits per heavy atom. The summed E-state index contributed by atoms with van der Waals surface area (Å²) in [5, 5.41) is 0. The van der Waals surface area contributed by atoms with E-state index in [0.717, 1.165) is 27.0 Å². The van der Waals surface area contributed by atoms with E-state index in [9.17, 15) is 0 Å². The summed E-state index contributed by atoms with van der Waals surface area (Å²) in [6.07, 6.45) is 1.76. The maximum absolute atomic E-state index is 5.87. The van der Waals surface area contributed by atoms with Gasteiger partial charge < -0.3 is 4.74 Å². The SMILES string of the molecule is Cc1cc(OCc2ccccc2Br)c(CCl)cn1. The van der Waals surface area contributed by atoms with E-state index in [4.69, 9.17) is 16.3 Å². The lowest BCUT2D eigenvalue weighted by molar-refractivity contribution is 0.302. The molecule has 18 heavy (non-hydrogen) atoms. The summed E-state index contributed by atoms with van der Waals surface area (Å²) < 4.78 is 6.87. The van der Waals surface area contributed by atoms with Crippen LogP contribution in [-0.4, -0.2) is 4.98 Å². The van der Waals surface area contributed by atoms with Crippen molar-refractivity contribution in [2.24, 2.45) is 0 Å². The fourth-order valence-electron chi connectivity index (χ4n) is 1.57. The molecule has 1 aromatic heterocycles. The average molecular weight is 327 g/mol. The summed E-state index contributed by atoms with van der Waals surface area (Å²) in [5.74, 6) is 1.20. The third-order valence-corrected chi connectivity index (χ3v) is 3.63. The highest BCUT2D eigenvalue weighted by atomic mass is 79.9. The first-order valence-corrected chi connectivity index (χ1v) is 6.91. The van der Waals surface area contributed by atoms with Crippen molar-refractivity contribution in [3.63, 3.8) is 0 Å². The van der Waals surface area contributed by atoms with Crippen molar-refractivity contribution >= 4 is 27.5 Å². The van der Waals surface area contributed by atoms with E-state index in [0.29, 0.717) is 12.5 Å². The highest BCUT2D eigenvalue weighted by Gasteiger charge is 2.06. The third kappa shape index (κ3) is 3.24. The predicted octanol–water partition coefficient (Wildman–Crippen LogP) is 4.47. The van der Waals surface area contributed by atoms with Crippen LogP contribution in [-0.2, 0) is 12.5 Å². The predicted molar refractivity (Wildman–Crippen MR) is 77.0 cm³/mol. The molecule has 0 N–H and O–H groups in total. The van der Waals surface area contributed by atoms with Gasteiger partial charge in [-0.25, -0.2) is 0 Å². The van der Waals surface area contributed by atoms with Crippen LogP contribution >= 0.6 is 27.5 Å². The second kappa shape index (κ2) is 6.21. The van der Waals surface area contributed by atoms with Crippen molar-refractivity contribution in [2.75, 3.05) is 0 Å². The summed E-state index contributed by atoms with van der Waals surface area (Å²) in [6, 6.07) is 9.91. The number of aryl methyl sites for hydroxylation is 1. The van der Waals surface area contributed by atoms with Gasteiger partial charge in [0.15, 0.2) is 0 Å². The number of halogens is 2. The normalized spacial score (nSPS) is 10.4. The van der Waals surface area contributed by atoms with E-state index >= 15 is 0 Å². The van der Waals surface area contributed by atoms with Crippen LogP contribution in [0.15, 0.2) is 41.0 Å². The molecule has 2 nitrogen and oxygen atoms in total. The maximum atomic E-state index is 5.87. The van der Waals surface area contributed by atoms with Crippen molar-refractivity contribution in [3.05, 3.63) is 57.8 Å². The molecule has 1 heterocycles. The molecule has 0 fully saturated rings. The van der Waals surface area contributed by atoms with E-state index in [1.165, 1.54) is 0 Å². The van der Waals surface area contributed by atoms with E-state index in [-0.39, 0.29) is 0 Å². The van der Waals surface area contributed by atoms with Crippen LogP contribution in [0.5, 0.6) is 5.75 Å². The fourth-order valence-corrected chi connectivity index (χ4v) is 2.17. The maximum Gasteiger partial charge on any atom is 0.127 e. The van der Waals surface area contributed by atoms with E-state index in [1.807, 2.05) is 37.3 Å².